The van der Waals surface area contributed by atoms with Crippen molar-refractivity contribution in [3.05, 3.63) is 0 Å². The van der Waals surface area contributed by atoms with Crippen LogP contribution in [0, 0.1) is 0 Å². The van der Waals surface area contributed by atoms with E-state index in [0.29, 0.717) is 6.54 Å². The Morgan fingerprint density at radius 2 is 2.21 bits per heavy atom. The summed E-state index contributed by atoms with van der Waals surface area (Å²) in [6.45, 7) is 2.66. The zero-order valence-corrected chi connectivity index (χ0v) is 9.05. The van der Waals surface area contributed by atoms with E-state index >= 15 is 0 Å². The molecular formula is C9H15NO3S. The van der Waals surface area contributed by atoms with Gasteiger partial charge in [0.15, 0.2) is 0 Å². The lowest BCUT2D eigenvalue weighted by Crippen LogP contribution is -2.40. The van der Waals surface area contributed by atoms with Crippen LogP contribution >= 0.6 is 11.8 Å². The molecule has 0 aromatic rings. The molecule has 0 spiro atoms. The minimum atomic E-state index is -1.04. The first kappa shape index (κ1) is 11.4. The third-order valence-corrected chi connectivity index (χ3v) is 3.31. The zero-order valence-electron chi connectivity index (χ0n) is 8.23. The zero-order chi connectivity index (χ0) is 10.6. The number of thioether (sulfide) groups is 1. The molecule has 0 saturated carbocycles. The van der Waals surface area contributed by atoms with Gasteiger partial charge < -0.3 is 10.0 Å². The van der Waals surface area contributed by atoms with Gasteiger partial charge in [0.05, 0.1) is 0 Å². The maximum atomic E-state index is 11.5. The first-order chi connectivity index (χ1) is 6.61. The molecule has 0 aromatic heterocycles. The third kappa shape index (κ3) is 3.21. The Morgan fingerprint density at radius 3 is 2.86 bits per heavy atom. The number of carbonyl (C=O) groups is 2. The number of aliphatic carboxylic acids is 1. The highest BCUT2D eigenvalue weighted by Gasteiger charge is 2.23. The van der Waals surface area contributed by atoms with Crippen molar-refractivity contribution in [2.45, 2.75) is 25.8 Å². The lowest BCUT2D eigenvalue weighted by Gasteiger charge is -2.26. The smallest absolute Gasteiger partial charge is 0.312 e. The highest BCUT2D eigenvalue weighted by Crippen LogP contribution is 2.16. The summed E-state index contributed by atoms with van der Waals surface area (Å²) in [5.41, 5.74) is 0. The van der Waals surface area contributed by atoms with Crippen molar-refractivity contribution in [1.82, 2.24) is 4.90 Å². The first-order valence-corrected chi connectivity index (χ1v) is 5.85. The molecule has 0 aliphatic carbocycles. The van der Waals surface area contributed by atoms with E-state index in [9.17, 15) is 9.59 Å². The van der Waals surface area contributed by atoms with Crippen LogP contribution in [-0.2, 0) is 9.59 Å². The quantitative estimate of drug-likeness (QED) is 0.696. The van der Waals surface area contributed by atoms with Crippen molar-refractivity contribution >= 4 is 23.6 Å². The van der Waals surface area contributed by atoms with Crippen molar-refractivity contribution < 1.29 is 14.7 Å². The SMILES string of the molecule is CC1CCSCCN1C(=O)CC(=O)O. The molecule has 1 aliphatic heterocycles. The number of hydrogen-bond acceptors (Lipinski definition) is 3. The van der Waals surface area contributed by atoms with Crippen molar-refractivity contribution in [3.63, 3.8) is 0 Å². The van der Waals surface area contributed by atoms with Crippen LogP contribution in [0.15, 0.2) is 0 Å². The maximum absolute atomic E-state index is 11.5. The normalized spacial score (nSPS) is 22.9. The molecule has 4 nitrogen and oxygen atoms in total. The summed E-state index contributed by atoms with van der Waals surface area (Å²) >= 11 is 1.82. The fourth-order valence-corrected chi connectivity index (χ4v) is 2.53. The minimum absolute atomic E-state index is 0.178. The fraction of sp³-hybridized carbons (Fsp3) is 0.778. The van der Waals surface area contributed by atoms with E-state index in [1.807, 2.05) is 18.7 Å². The molecule has 1 atom stereocenters. The third-order valence-electron chi connectivity index (χ3n) is 2.31. The molecule has 1 heterocycles. The summed E-state index contributed by atoms with van der Waals surface area (Å²) in [6, 6.07) is 0.178. The molecule has 80 valence electrons. The summed E-state index contributed by atoms with van der Waals surface area (Å²) in [7, 11) is 0. The van der Waals surface area contributed by atoms with Crippen LogP contribution in [0.2, 0.25) is 0 Å². The lowest BCUT2D eigenvalue weighted by atomic mass is 10.2. The van der Waals surface area contributed by atoms with Gasteiger partial charge in [-0.3, -0.25) is 9.59 Å². The Morgan fingerprint density at radius 1 is 1.50 bits per heavy atom. The van der Waals surface area contributed by atoms with Crippen LogP contribution in [0.1, 0.15) is 19.8 Å². The van der Waals surface area contributed by atoms with Gasteiger partial charge in [0, 0.05) is 18.3 Å². The standard InChI is InChI=1S/C9H15NO3S/c1-7-2-4-14-5-3-10(7)8(11)6-9(12)13/h7H,2-6H2,1H3,(H,12,13). The summed E-state index contributed by atoms with van der Waals surface area (Å²) < 4.78 is 0. The Bertz CT molecular complexity index is 232. The Hall–Kier alpha value is -0.710. The summed E-state index contributed by atoms with van der Waals surface area (Å²) in [6.07, 6.45) is 0.574. The van der Waals surface area contributed by atoms with Gasteiger partial charge in [-0.2, -0.15) is 11.8 Å². The van der Waals surface area contributed by atoms with E-state index in [-0.39, 0.29) is 18.4 Å². The lowest BCUT2D eigenvalue weighted by molar-refractivity contribution is -0.144. The average molecular weight is 217 g/mol. The fourth-order valence-electron chi connectivity index (χ4n) is 1.50. The molecule has 0 radical (unpaired) electrons. The van der Waals surface area contributed by atoms with Gasteiger partial charge in [-0.1, -0.05) is 0 Å². The molecule has 0 bridgehead atoms. The van der Waals surface area contributed by atoms with Gasteiger partial charge in [-0.25, -0.2) is 0 Å². The monoisotopic (exact) mass is 217 g/mol. The molecule has 1 fully saturated rings. The number of carbonyl (C=O) groups excluding carboxylic acids is 1. The van der Waals surface area contributed by atoms with Crippen LogP contribution in [0.4, 0.5) is 0 Å². The van der Waals surface area contributed by atoms with Crippen molar-refractivity contribution in [3.8, 4) is 0 Å². The van der Waals surface area contributed by atoms with E-state index in [0.717, 1.165) is 17.9 Å². The predicted octanol–water partition coefficient (Wildman–Crippen LogP) is 0.815. The summed E-state index contributed by atoms with van der Waals surface area (Å²) in [4.78, 5) is 23.6. The number of amides is 1. The van der Waals surface area contributed by atoms with Crippen molar-refractivity contribution in [1.29, 1.82) is 0 Å². The average Bonchev–Trinajstić information content (AvgIpc) is 2.28. The van der Waals surface area contributed by atoms with Gasteiger partial charge in [-0.15, -0.1) is 0 Å². The van der Waals surface area contributed by atoms with Gasteiger partial charge in [0.1, 0.15) is 6.42 Å². The molecule has 1 N–H and O–H groups in total. The van der Waals surface area contributed by atoms with E-state index in [4.69, 9.17) is 5.11 Å². The molecule has 1 rings (SSSR count). The van der Waals surface area contributed by atoms with Crippen LogP contribution < -0.4 is 0 Å². The first-order valence-electron chi connectivity index (χ1n) is 4.70. The molecule has 1 saturated heterocycles. The van der Waals surface area contributed by atoms with E-state index in [2.05, 4.69) is 0 Å². The number of rotatable bonds is 2. The number of carboxylic acids is 1. The van der Waals surface area contributed by atoms with Gasteiger partial charge in [-0.05, 0) is 19.1 Å². The molecule has 1 aliphatic rings. The van der Waals surface area contributed by atoms with Crippen LogP contribution in [0.25, 0.3) is 0 Å². The second-order valence-corrected chi connectivity index (χ2v) is 4.63. The summed E-state index contributed by atoms with van der Waals surface area (Å²) in [5, 5.41) is 8.52. The predicted molar refractivity (Wildman–Crippen MR) is 55.4 cm³/mol. The molecule has 14 heavy (non-hydrogen) atoms. The van der Waals surface area contributed by atoms with Crippen LogP contribution in [0.5, 0.6) is 0 Å². The van der Waals surface area contributed by atoms with Gasteiger partial charge in [0.25, 0.3) is 0 Å². The molecule has 5 heteroatoms. The Balaban J connectivity index is 2.54. The highest BCUT2D eigenvalue weighted by molar-refractivity contribution is 7.99. The summed E-state index contributed by atoms with van der Waals surface area (Å²) in [5.74, 6) is 0.667. The molecule has 1 unspecified atom stereocenters. The van der Waals surface area contributed by atoms with E-state index < -0.39 is 5.97 Å². The molecular weight excluding hydrogens is 202 g/mol. The molecule has 0 aromatic carbocycles. The number of carboxylic acid groups (broad SMARTS) is 1. The van der Waals surface area contributed by atoms with Gasteiger partial charge >= 0.3 is 5.97 Å². The highest BCUT2D eigenvalue weighted by atomic mass is 32.2. The van der Waals surface area contributed by atoms with E-state index in [1.54, 1.807) is 4.90 Å². The van der Waals surface area contributed by atoms with E-state index in [1.165, 1.54) is 0 Å². The maximum Gasteiger partial charge on any atom is 0.312 e. The molecule has 1 amide bonds. The van der Waals surface area contributed by atoms with Crippen molar-refractivity contribution in [2.24, 2.45) is 0 Å². The van der Waals surface area contributed by atoms with Gasteiger partial charge in [0.2, 0.25) is 5.91 Å². The largest absolute Gasteiger partial charge is 0.481 e. The Kier molecular flexibility index (Phi) is 4.25. The second kappa shape index (κ2) is 5.24. The van der Waals surface area contributed by atoms with Crippen LogP contribution in [0.3, 0.4) is 0 Å². The second-order valence-electron chi connectivity index (χ2n) is 3.41. The number of hydrogen-bond donors (Lipinski definition) is 1. The minimum Gasteiger partial charge on any atom is -0.481 e. The topological polar surface area (TPSA) is 57.6 Å². The van der Waals surface area contributed by atoms with Crippen LogP contribution in [-0.4, -0.2) is 46.0 Å². The van der Waals surface area contributed by atoms with Crippen molar-refractivity contribution in [2.75, 3.05) is 18.1 Å². The Labute approximate surface area is 87.7 Å². The number of nitrogens with zero attached hydrogens (tertiary/aromatic N) is 1.